The molecule has 0 aliphatic heterocycles. The predicted molar refractivity (Wildman–Crippen MR) is 67.1 cm³/mol. The second kappa shape index (κ2) is 4.87. The van der Waals surface area contributed by atoms with E-state index in [0.717, 1.165) is 12.2 Å². The number of carboxylic acid groups (broad SMARTS) is 1. The number of carboxylic acids is 1. The van der Waals surface area contributed by atoms with E-state index < -0.39 is 5.97 Å². The second-order valence-electron chi connectivity index (χ2n) is 3.90. The Morgan fingerprint density at radius 2 is 2.28 bits per heavy atom. The second-order valence-corrected chi connectivity index (χ2v) is 3.90. The molecule has 0 saturated carbocycles. The average Bonchev–Trinajstić information content (AvgIpc) is 2.76. The van der Waals surface area contributed by atoms with Crippen LogP contribution in [0.3, 0.4) is 0 Å². The van der Waals surface area contributed by atoms with Crippen LogP contribution in [0, 0.1) is 6.92 Å². The van der Waals surface area contributed by atoms with E-state index in [1.807, 2.05) is 13.1 Å². The van der Waals surface area contributed by atoms with Crippen LogP contribution in [0.4, 0.5) is 11.5 Å². The first-order valence-electron chi connectivity index (χ1n) is 5.60. The van der Waals surface area contributed by atoms with Crippen molar-refractivity contribution in [3.8, 4) is 0 Å². The molecule has 0 amide bonds. The molecular weight excluding hydrogens is 232 g/mol. The van der Waals surface area contributed by atoms with Crippen LogP contribution in [0.1, 0.15) is 23.0 Å². The molecule has 0 spiro atoms. The molecule has 0 unspecified atom stereocenters. The van der Waals surface area contributed by atoms with Crippen molar-refractivity contribution in [3.63, 3.8) is 0 Å². The first-order chi connectivity index (χ1) is 8.58. The number of anilines is 2. The summed E-state index contributed by atoms with van der Waals surface area (Å²) in [6.07, 6.45) is 3.51. The van der Waals surface area contributed by atoms with Crippen molar-refractivity contribution >= 4 is 17.5 Å². The van der Waals surface area contributed by atoms with Crippen molar-refractivity contribution in [1.82, 2.24) is 14.8 Å². The van der Waals surface area contributed by atoms with E-state index in [0.29, 0.717) is 11.5 Å². The molecular formula is C12H14N4O2. The van der Waals surface area contributed by atoms with Gasteiger partial charge < -0.3 is 10.4 Å². The lowest BCUT2D eigenvalue weighted by molar-refractivity contribution is 0.0696. The maximum atomic E-state index is 10.9. The van der Waals surface area contributed by atoms with E-state index >= 15 is 0 Å². The number of nitrogens with one attached hydrogen (secondary N) is 1. The molecule has 0 fully saturated rings. The zero-order chi connectivity index (χ0) is 13.1. The van der Waals surface area contributed by atoms with Gasteiger partial charge in [-0.1, -0.05) is 0 Å². The standard InChI is InChI=1S/C12H14N4O2/c1-3-16-7-10(6-13-16)15-11-5-9(12(17)18)4-8(2)14-11/h4-7H,3H2,1-2H3,(H,14,15)(H,17,18). The lowest BCUT2D eigenvalue weighted by Crippen LogP contribution is -2.01. The fraction of sp³-hybridized carbons (Fsp3) is 0.250. The smallest absolute Gasteiger partial charge is 0.335 e. The fourth-order valence-corrected chi connectivity index (χ4v) is 1.61. The number of pyridine rings is 1. The Balaban J connectivity index is 2.25. The molecule has 0 aromatic carbocycles. The number of aryl methyl sites for hydroxylation is 2. The van der Waals surface area contributed by atoms with Crippen LogP contribution < -0.4 is 5.32 Å². The molecule has 0 aliphatic carbocycles. The zero-order valence-corrected chi connectivity index (χ0v) is 10.2. The van der Waals surface area contributed by atoms with E-state index in [-0.39, 0.29) is 5.56 Å². The largest absolute Gasteiger partial charge is 0.478 e. The number of aromatic carboxylic acids is 1. The van der Waals surface area contributed by atoms with Gasteiger partial charge in [0.1, 0.15) is 5.82 Å². The molecule has 94 valence electrons. The normalized spacial score (nSPS) is 10.3. The lowest BCUT2D eigenvalue weighted by atomic mass is 10.2. The van der Waals surface area contributed by atoms with E-state index in [9.17, 15) is 4.79 Å². The molecule has 2 rings (SSSR count). The quantitative estimate of drug-likeness (QED) is 0.863. The van der Waals surface area contributed by atoms with Crippen LogP contribution >= 0.6 is 0 Å². The third-order valence-corrected chi connectivity index (χ3v) is 2.43. The summed E-state index contributed by atoms with van der Waals surface area (Å²) in [6, 6.07) is 3.03. The van der Waals surface area contributed by atoms with Gasteiger partial charge in [-0.05, 0) is 26.0 Å². The van der Waals surface area contributed by atoms with Gasteiger partial charge in [-0.2, -0.15) is 5.10 Å². The van der Waals surface area contributed by atoms with Crippen molar-refractivity contribution in [2.75, 3.05) is 5.32 Å². The van der Waals surface area contributed by atoms with Gasteiger partial charge >= 0.3 is 5.97 Å². The Morgan fingerprint density at radius 3 is 2.89 bits per heavy atom. The summed E-state index contributed by atoms with van der Waals surface area (Å²) < 4.78 is 1.77. The average molecular weight is 246 g/mol. The van der Waals surface area contributed by atoms with Crippen LogP contribution in [0.15, 0.2) is 24.5 Å². The summed E-state index contributed by atoms with van der Waals surface area (Å²) in [5, 5.41) is 16.1. The van der Waals surface area contributed by atoms with E-state index in [2.05, 4.69) is 15.4 Å². The molecule has 0 radical (unpaired) electrons. The predicted octanol–water partition coefficient (Wildman–Crippen LogP) is 2.05. The maximum absolute atomic E-state index is 10.9. The van der Waals surface area contributed by atoms with Crippen LogP contribution in [-0.2, 0) is 6.54 Å². The summed E-state index contributed by atoms with van der Waals surface area (Å²) in [4.78, 5) is 15.2. The highest BCUT2D eigenvalue weighted by molar-refractivity contribution is 5.88. The molecule has 0 atom stereocenters. The lowest BCUT2D eigenvalue weighted by Gasteiger charge is -2.05. The molecule has 18 heavy (non-hydrogen) atoms. The molecule has 6 heteroatoms. The Morgan fingerprint density at radius 1 is 1.50 bits per heavy atom. The number of nitrogens with zero attached hydrogens (tertiary/aromatic N) is 3. The minimum absolute atomic E-state index is 0.216. The van der Waals surface area contributed by atoms with Gasteiger partial charge in [0.05, 0.1) is 17.4 Å². The topological polar surface area (TPSA) is 80.0 Å². The Hall–Kier alpha value is -2.37. The molecule has 2 N–H and O–H groups in total. The Bertz CT molecular complexity index is 577. The summed E-state index contributed by atoms with van der Waals surface area (Å²) in [5.74, 6) is -0.462. The number of rotatable bonds is 4. The molecule has 6 nitrogen and oxygen atoms in total. The maximum Gasteiger partial charge on any atom is 0.335 e. The highest BCUT2D eigenvalue weighted by atomic mass is 16.4. The summed E-state index contributed by atoms with van der Waals surface area (Å²) in [7, 11) is 0. The van der Waals surface area contributed by atoms with Crippen LogP contribution in [0.5, 0.6) is 0 Å². The molecule has 2 aromatic rings. The molecule has 0 saturated heterocycles. The van der Waals surface area contributed by atoms with Gasteiger partial charge in [0, 0.05) is 18.4 Å². The minimum atomic E-state index is -0.965. The summed E-state index contributed by atoms with van der Waals surface area (Å²) in [6.45, 7) is 4.53. The third-order valence-electron chi connectivity index (χ3n) is 2.43. The molecule has 0 aliphatic rings. The number of carbonyl (C=O) groups is 1. The van der Waals surface area contributed by atoms with E-state index in [4.69, 9.17) is 5.11 Å². The zero-order valence-electron chi connectivity index (χ0n) is 10.2. The van der Waals surface area contributed by atoms with Crippen molar-refractivity contribution in [2.24, 2.45) is 0 Å². The third kappa shape index (κ3) is 2.65. The fourth-order valence-electron chi connectivity index (χ4n) is 1.61. The summed E-state index contributed by atoms with van der Waals surface area (Å²) in [5.41, 5.74) is 1.65. The Kier molecular flexibility index (Phi) is 3.27. The van der Waals surface area contributed by atoms with Gasteiger partial charge in [-0.25, -0.2) is 9.78 Å². The van der Waals surface area contributed by atoms with Crippen LogP contribution in [0.25, 0.3) is 0 Å². The highest BCUT2D eigenvalue weighted by Crippen LogP contribution is 2.16. The monoisotopic (exact) mass is 246 g/mol. The van der Waals surface area contributed by atoms with Crippen molar-refractivity contribution in [1.29, 1.82) is 0 Å². The van der Waals surface area contributed by atoms with Crippen molar-refractivity contribution in [2.45, 2.75) is 20.4 Å². The van der Waals surface area contributed by atoms with Gasteiger partial charge in [0.25, 0.3) is 0 Å². The first kappa shape index (κ1) is 12.1. The Labute approximate surface area is 104 Å². The van der Waals surface area contributed by atoms with Crippen LogP contribution in [-0.4, -0.2) is 25.8 Å². The number of hydrogen-bond donors (Lipinski definition) is 2. The van der Waals surface area contributed by atoms with Crippen molar-refractivity contribution < 1.29 is 9.90 Å². The van der Waals surface area contributed by atoms with Gasteiger partial charge in [0.2, 0.25) is 0 Å². The van der Waals surface area contributed by atoms with E-state index in [1.54, 1.807) is 17.8 Å². The van der Waals surface area contributed by atoms with Gasteiger partial charge in [-0.15, -0.1) is 0 Å². The first-order valence-corrected chi connectivity index (χ1v) is 5.60. The van der Waals surface area contributed by atoms with E-state index in [1.165, 1.54) is 12.1 Å². The highest BCUT2D eigenvalue weighted by Gasteiger charge is 2.07. The SMILES string of the molecule is CCn1cc(Nc2cc(C(=O)O)cc(C)n2)cn1. The van der Waals surface area contributed by atoms with Gasteiger partial charge in [0.15, 0.2) is 0 Å². The summed E-state index contributed by atoms with van der Waals surface area (Å²) >= 11 is 0. The minimum Gasteiger partial charge on any atom is -0.478 e. The van der Waals surface area contributed by atoms with Crippen LogP contribution in [0.2, 0.25) is 0 Å². The van der Waals surface area contributed by atoms with Gasteiger partial charge in [-0.3, -0.25) is 4.68 Å². The number of hydrogen-bond acceptors (Lipinski definition) is 4. The molecule has 0 bridgehead atoms. The molecule has 2 heterocycles. The number of aromatic nitrogens is 3. The molecule has 2 aromatic heterocycles. The van der Waals surface area contributed by atoms with Crippen molar-refractivity contribution in [3.05, 3.63) is 35.8 Å².